The molecule has 2 heterocycles. The molecule has 120 valence electrons. The van der Waals surface area contributed by atoms with Gasteiger partial charge in [-0.3, -0.25) is 9.78 Å². The van der Waals surface area contributed by atoms with E-state index < -0.39 is 0 Å². The second-order valence-electron chi connectivity index (χ2n) is 6.03. The van der Waals surface area contributed by atoms with Crippen LogP contribution in [-0.2, 0) is 6.42 Å². The Morgan fingerprint density at radius 2 is 2.09 bits per heavy atom. The fraction of sp³-hybridized carbons (Fsp3) is 0.368. The van der Waals surface area contributed by atoms with Crippen molar-refractivity contribution in [2.45, 2.75) is 32.1 Å². The van der Waals surface area contributed by atoms with Crippen LogP contribution in [0, 0.1) is 0 Å². The summed E-state index contributed by atoms with van der Waals surface area (Å²) in [4.78, 5) is 19.0. The number of pyridine rings is 1. The summed E-state index contributed by atoms with van der Waals surface area (Å²) >= 11 is 5.97. The fourth-order valence-electron chi connectivity index (χ4n) is 3.16. The molecule has 2 aromatic rings. The number of nitrogens with zero attached hydrogens (tertiary/aromatic N) is 2. The van der Waals surface area contributed by atoms with Crippen LogP contribution in [0.15, 0.2) is 42.6 Å². The van der Waals surface area contributed by atoms with Crippen molar-refractivity contribution in [3.63, 3.8) is 0 Å². The summed E-state index contributed by atoms with van der Waals surface area (Å²) in [7, 11) is 0. The highest BCUT2D eigenvalue weighted by atomic mass is 35.5. The number of aryl methyl sites for hydroxylation is 1. The molecular formula is C19H21ClN2O. The van der Waals surface area contributed by atoms with E-state index in [2.05, 4.69) is 17.1 Å². The summed E-state index contributed by atoms with van der Waals surface area (Å²) in [6.45, 7) is 3.64. The van der Waals surface area contributed by atoms with Crippen LogP contribution in [0.3, 0.4) is 0 Å². The van der Waals surface area contributed by atoms with E-state index in [-0.39, 0.29) is 5.91 Å². The first-order valence-electron chi connectivity index (χ1n) is 8.17. The van der Waals surface area contributed by atoms with Gasteiger partial charge in [-0.25, -0.2) is 0 Å². The zero-order valence-electron chi connectivity index (χ0n) is 13.3. The van der Waals surface area contributed by atoms with Gasteiger partial charge in [0.25, 0.3) is 5.91 Å². The number of amides is 1. The molecule has 4 heteroatoms. The summed E-state index contributed by atoms with van der Waals surface area (Å²) in [5.74, 6) is 0.498. The van der Waals surface area contributed by atoms with Crippen molar-refractivity contribution in [3.8, 4) is 0 Å². The number of likely N-dealkylation sites (tertiary alicyclic amines) is 1. The third-order valence-corrected chi connectivity index (χ3v) is 4.73. The average molecular weight is 329 g/mol. The minimum Gasteiger partial charge on any atom is -0.338 e. The van der Waals surface area contributed by atoms with E-state index in [1.54, 1.807) is 6.20 Å². The second-order valence-corrected chi connectivity index (χ2v) is 6.47. The molecule has 0 saturated carbocycles. The van der Waals surface area contributed by atoms with E-state index in [9.17, 15) is 4.79 Å². The zero-order chi connectivity index (χ0) is 16.2. The number of hydrogen-bond acceptors (Lipinski definition) is 2. The van der Waals surface area contributed by atoms with Gasteiger partial charge < -0.3 is 4.90 Å². The van der Waals surface area contributed by atoms with E-state index in [1.165, 1.54) is 5.56 Å². The molecule has 1 saturated heterocycles. The molecule has 1 amide bonds. The van der Waals surface area contributed by atoms with Gasteiger partial charge in [0.15, 0.2) is 0 Å². The summed E-state index contributed by atoms with van der Waals surface area (Å²) in [5, 5.41) is 0.751. The Labute approximate surface area is 142 Å². The van der Waals surface area contributed by atoms with E-state index in [0.29, 0.717) is 5.92 Å². The SMILES string of the molecule is CCc1cc(C(=O)N2CCC[C@H](c3ccc(Cl)cc3)C2)ccn1. The molecule has 0 unspecified atom stereocenters. The predicted octanol–water partition coefficient (Wildman–Crippen LogP) is 4.32. The van der Waals surface area contributed by atoms with E-state index in [1.807, 2.05) is 36.1 Å². The molecule has 1 aromatic carbocycles. The standard InChI is InChI=1S/C19H21ClN2O/c1-2-18-12-15(9-10-21-18)19(23)22-11-3-4-16(13-22)14-5-7-17(20)8-6-14/h5-10,12,16H,2-4,11,13H2,1H3/t16-/m0/s1. The van der Waals surface area contributed by atoms with Crippen LogP contribution < -0.4 is 0 Å². The first kappa shape index (κ1) is 16.0. The Kier molecular flexibility index (Phi) is 4.97. The lowest BCUT2D eigenvalue weighted by Crippen LogP contribution is -2.39. The highest BCUT2D eigenvalue weighted by Crippen LogP contribution is 2.28. The molecule has 0 radical (unpaired) electrons. The molecule has 1 aromatic heterocycles. The lowest BCUT2D eigenvalue weighted by molar-refractivity contribution is 0.0707. The van der Waals surface area contributed by atoms with Gasteiger partial charge in [0.05, 0.1) is 0 Å². The van der Waals surface area contributed by atoms with Crippen molar-refractivity contribution in [2.75, 3.05) is 13.1 Å². The Morgan fingerprint density at radius 1 is 1.30 bits per heavy atom. The van der Waals surface area contributed by atoms with Crippen LogP contribution in [0.1, 0.15) is 47.3 Å². The normalized spacial score (nSPS) is 18.0. The molecule has 1 aliphatic heterocycles. The van der Waals surface area contributed by atoms with Gasteiger partial charge in [0.2, 0.25) is 0 Å². The minimum atomic E-state index is 0.112. The van der Waals surface area contributed by atoms with Crippen LogP contribution in [0.4, 0.5) is 0 Å². The van der Waals surface area contributed by atoms with Crippen LogP contribution in [-0.4, -0.2) is 28.9 Å². The molecule has 23 heavy (non-hydrogen) atoms. The fourth-order valence-corrected chi connectivity index (χ4v) is 3.28. The first-order chi connectivity index (χ1) is 11.2. The molecule has 0 spiro atoms. The van der Waals surface area contributed by atoms with Gasteiger partial charge in [-0.2, -0.15) is 0 Å². The van der Waals surface area contributed by atoms with Crippen LogP contribution in [0.25, 0.3) is 0 Å². The van der Waals surface area contributed by atoms with Crippen molar-refractivity contribution >= 4 is 17.5 Å². The molecule has 0 N–H and O–H groups in total. The van der Waals surface area contributed by atoms with Gasteiger partial charge in [0, 0.05) is 41.5 Å². The number of halogens is 1. The number of rotatable bonds is 3. The number of piperidine rings is 1. The van der Waals surface area contributed by atoms with Gasteiger partial charge in [0.1, 0.15) is 0 Å². The molecule has 1 fully saturated rings. The van der Waals surface area contributed by atoms with Crippen molar-refractivity contribution in [3.05, 3.63) is 64.4 Å². The highest BCUT2D eigenvalue weighted by Gasteiger charge is 2.25. The van der Waals surface area contributed by atoms with E-state index >= 15 is 0 Å². The maximum atomic E-state index is 12.8. The molecule has 0 bridgehead atoms. The number of benzene rings is 1. The average Bonchev–Trinajstić information content (AvgIpc) is 2.62. The van der Waals surface area contributed by atoms with Crippen LogP contribution in [0.2, 0.25) is 5.02 Å². The Morgan fingerprint density at radius 3 is 2.83 bits per heavy atom. The Hall–Kier alpha value is -1.87. The molecule has 0 aliphatic carbocycles. The van der Waals surface area contributed by atoms with Crippen molar-refractivity contribution in [2.24, 2.45) is 0 Å². The Bertz CT molecular complexity index is 684. The summed E-state index contributed by atoms with van der Waals surface area (Å²) < 4.78 is 0. The molecular weight excluding hydrogens is 308 g/mol. The lowest BCUT2D eigenvalue weighted by atomic mass is 9.90. The first-order valence-corrected chi connectivity index (χ1v) is 8.55. The van der Waals surface area contributed by atoms with Crippen molar-refractivity contribution in [1.82, 2.24) is 9.88 Å². The zero-order valence-corrected chi connectivity index (χ0v) is 14.1. The largest absolute Gasteiger partial charge is 0.338 e. The van der Waals surface area contributed by atoms with Crippen LogP contribution in [0.5, 0.6) is 0 Å². The maximum Gasteiger partial charge on any atom is 0.253 e. The molecule has 1 atom stereocenters. The summed E-state index contributed by atoms with van der Waals surface area (Å²) in [6, 6.07) is 11.7. The summed E-state index contributed by atoms with van der Waals surface area (Å²) in [6.07, 6.45) is 4.72. The highest BCUT2D eigenvalue weighted by molar-refractivity contribution is 6.30. The number of hydrogen-bond donors (Lipinski definition) is 0. The van der Waals surface area contributed by atoms with Crippen LogP contribution >= 0.6 is 11.6 Å². The molecule has 3 rings (SSSR count). The van der Waals surface area contributed by atoms with E-state index in [4.69, 9.17) is 11.6 Å². The quantitative estimate of drug-likeness (QED) is 0.840. The topological polar surface area (TPSA) is 33.2 Å². The van der Waals surface area contributed by atoms with Gasteiger partial charge in [-0.15, -0.1) is 0 Å². The van der Waals surface area contributed by atoms with Gasteiger partial charge in [-0.1, -0.05) is 30.7 Å². The third-order valence-electron chi connectivity index (χ3n) is 4.48. The predicted molar refractivity (Wildman–Crippen MR) is 92.9 cm³/mol. The van der Waals surface area contributed by atoms with Gasteiger partial charge in [-0.05, 0) is 49.1 Å². The molecule has 1 aliphatic rings. The third kappa shape index (κ3) is 3.73. The number of aromatic nitrogens is 1. The second kappa shape index (κ2) is 7.14. The molecule has 3 nitrogen and oxygen atoms in total. The Balaban J connectivity index is 1.75. The van der Waals surface area contributed by atoms with Crippen molar-refractivity contribution < 1.29 is 4.79 Å². The van der Waals surface area contributed by atoms with E-state index in [0.717, 1.165) is 48.6 Å². The van der Waals surface area contributed by atoms with Gasteiger partial charge >= 0.3 is 0 Å². The number of carbonyl (C=O) groups excluding carboxylic acids is 1. The monoisotopic (exact) mass is 328 g/mol. The minimum absolute atomic E-state index is 0.112. The lowest BCUT2D eigenvalue weighted by Gasteiger charge is -2.33. The number of carbonyl (C=O) groups is 1. The summed E-state index contributed by atoms with van der Waals surface area (Å²) in [5.41, 5.74) is 2.96. The van der Waals surface area contributed by atoms with Crippen molar-refractivity contribution in [1.29, 1.82) is 0 Å². The maximum absolute atomic E-state index is 12.8. The smallest absolute Gasteiger partial charge is 0.253 e.